The molecule has 0 spiro atoms. The molecule has 0 fully saturated rings. The molecule has 0 atom stereocenters. The number of aldehydes is 1. The molecular weight excluding hydrogens is 168 g/mol. The number of halogens is 2. The van der Waals surface area contributed by atoms with Gasteiger partial charge in [0, 0.05) is 12.3 Å². The zero-order chi connectivity index (χ0) is 9.14. The largest absolute Gasteiger partial charge is 0.358 e. The maximum absolute atomic E-state index is 12.0. The van der Waals surface area contributed by atoms with Crippen LogP contribution in [0.15, 0.2) is 17.1 Å². The lowest BCUT2D eigenvalue weighted by molar-refractivity contribution is 0.111. The SMILES string of the molecule is O=Cc1cc(=O)c(C(F)F)c[nH]1. The first kappa shape index (κ1) is 8.58. The van der Waals surface area contributed by atoms with Crippen molar-refractivity contribution in [1.82, 2.24) is 4.98 Å². The van der Waals surface area contributed by atoms with Gasteiger partial charge in [0.2, 0.25) is 0 Å². The van der Waals surface area contributed by atoms with E-state index >= 15 is 0 Å². The van der Waals surface area contributed by atoms with Gasteiger partial charge in [-0.3, -0.25) is 9.59 Å². The van der Waals surface area contributed by atoms with Crippen LogP contribution in [0.1, 0.15) is 22.5 Å². The van der Waals surface area contributed by atoms with Gasteiger partial charge in [0.15, 0.2) is 11.7 Å². The van der Waals surface area contributed by atoms with Crippen molar-refractivity contribution in [3.05, 3.63) is 33.7 Å². The third-order valence-electron chi connectivity index (χ3n) is 1.33. The number of pyridine rings is 1. The predicted molar refractivity (Wildman–Crippen MR) is 37.4 cm³/mol. The summed E-state index contributed by atoms with van der Waals surface area (Å²) in [7, 11) is 0. The van der Waals surface area contributed by atoms with E-state index in [1.165, 1.54) is 0 Å². The molecule has 0 aliphatic carbocycles. The third kappa shape index (κ3) is 1.55. The zero-order valence-electron chi connectivity index (χ0n) is 5.88. The van der Waals surface area contributed by atoms with Crippen molar-refractivity contribution in [2.45, 2.75) is 6.43 Å². The minimum Gasteiger partial charge on any atom is -0.358 e. The summed E-state index contributed by atoms with van der Waals surface area (Å²) in [6.07, 6.45) is -1.58. The minimum atomic E-state index is -2.81. The fraction of sp³-hybridized carbons (Fsp3) is 0.143. The zero-order valence-corrected chi connectivity index (χ0v) is 5.88. The Kier molecular flexibility index (Phi) is 2.32. The lowest BCUT2D eigenvalue weighted by atomic mass is 10.2. The van der Waals surface area contributed by atoms with E-state index in [1.54, 1.807) is 0 Å². The number of nitrogens with one attached hydrogen (secondary N) is 1. The number of H-pyrrole nitrogens is 1. The van der Waals surface area contributed by atoms with E-state index < -0.39 is 17.4 Å². The van der Waals surface area contributed by atoms with Gasteiger partial charge < -0.3 is 4.98 Å². The van der Waals surface area contributed by atoms with Crippen LogP contribution in [0.4, 0.5) is 8.78 Å². The van der Waals surface area contributed by atoms with Crippen LogP contribution in [0, 0.1) is 0 Å². The first-order chi connectivity index (χ1) is 5.65. The van der Waals surface area contributed by atoms with Crippen molar-refractivity contribution >= 4 is 6.29 Å². The standard InChI is InChI=1S/C7H5F2NO2/c8-7(9)5-2-10-4(3-11)1-6(5)12/h1-3,7H,(H,10,12). The van der Waals surface area contributed by atoms with Gasteiger partial charge in [-0.25, -0.2) is 8.78 Å². The fourth-order valence-corrected chi connectivity index (χ4v) is 0.737. The van der Waals surface area contributed by atoms with Crippen LogP contribution in [-0.4, -0.2) is 11.3 Å². The molecule has 12 heavy (non-hydrogen) atoms. The van der Waals surface area contributed by atoms with Crippen molar-refractivity contribution in [3.63, 3.8) is 0 Å². The summed E-state index contributed by atoms with van der Waals surface area (Å²) in [6, 6.07) is 0.842. The summed E-state index contributed by atoms with van der Waals surface area (Å²) >= 11 is 0. The fourth-order valence-electron chi connectivity index (χ4n) is 0.737. The van der Waals surface area contributed by atoms with E-state index in [2.05, 4.69) is 4.98 Å². The molecule has 64 valence electrons. The number of alkyl halides is 2. The molecule has 0 saturated heterocycles. The molecule has 1 N–H and O–H groups in total. The Balaban J connectivity index is 3.21. The quantitative estimate of drug-likeness (QED) is 0.681. The highest BCUT2D eigenvalue weighted by Gasteiger charge is 2.11. The van der Waals surface area contributed by atoms with E-state index in [0.717, 1.165) is 12.3 Å². The molecule has 0 bridgehead atoms. The second-order valence-electron chi connectivity index (χ2n) is 2.13. The summed E-state index contributed by atoms with van der Waals surface area (Å²) in [4.78, 5) is 23.1. The van der Waals surface area contributed by atoms with Crippen LogP contribution >= 0.6 is 0 Å². The van der Waals surface area contributed by atoms with Crippen LogP contribution in [0.25, 0.3) is 0 Å². The van der Waals surface area contributed by atoms with Crippen molar-refractivity contribution in [2.75, 3.05) is 0 Å². The second kappa shape index (κ2) is 3.25. The lowest BCUT2D eigenvalue weighted by Gasteiger charge is -1.97. The van der Waals surface area contributed by atoms with Crippen LogP contribution in [0.2, 0.25) is 0 Å². The number of hydrogen-bond donors (Lipinski definition) is 1. The normalized spacial score (nSPS) is 10.2. The van der Waals surface area contributed by atoms with Crippen LogP contribution in [0.5, 0.6) is 0 Å². The molecular formula is C7H5F2NO2. The van der Waals surface area contributed by atoms with Crippen molar-refractivity contribution in [1.29, 1.82) is 0 Å². The highest BCUT2D eigenvalue weighted by atomic mass is 19.3. The number of aromatic nitrogens is 1. The first-order valence-corrected chi connectivity index (χ1v) is 3.11. The Labute approximate surface area is 66.0 Å². The van der Waals surface area contributed by atoms with E-state index in [0.29, 0.717) is 6.29 Å². The van der Waals surface area contributed by atoms with E-state index in [9.17, 15) is 18.4 Å². The molecule has 1 rings (SSSR count). The summed E-state index contributed by atoms with van der Waals surface area (Å²) < 4.78 is 23.9. The topological polar surface area (TPSA) is 49.9 Å². The molecule has 1 aromatic heterocycles. The molecule has 5 heteroatoms. The molecule has 1 aromatic rings. The molecule has 0 aliphatic heterocycles. The highest BCUT2D eigenvalue weighted by molar-refractivity contribution is 5.71. The summed E-state index contributed by atoms with van der Waals surface area (Å²) in [5.41, 5.74) is -1.46. The van der Waals surface area contributed by atoms with E-state index in [4.69, 9.17) is 0 Å². The van der Waals surface area contributed by atoms with Gasteiger partial charge in [0.25, 0.3) is 6.43 Å². The number of hydrogen-bond acceptors (Lipinski definition) is 2. The average Bonchev–Trinajstić information content (AvgIpc) is 2.03. The number of rotatable bonds is 2. The van der Waals surface area contributed by atoms with Gasteiger partial charge in [0.1, 0.15) is 0 Å². The molecule has 0 aromatic carbocycles. The summed E-state index contributed by atoms with van der Waals surface area (Å²) in [5, 5.41) is 0. The van der Waals surface area contributed by atoms with Crippen molar-refractivity contribution in [2.24, 2.45) is 0 Å². The molecule has 0 aliphatic rings. The van der Waals surface area contributed by atoms with Gasteiger partial charge in [-0.15, -0.1) is 0 Å². The maximum atomic E-state index is 12.0. The van der Waals surface area contributed by atoms with E-state index in [1.807, 2.05) is 0 Å². The Morgan fingerprint density at radius 3 is 2.58 bits per heavy atom. The second-order valence-corrected chi connectivity index (χ2v) is 2.13. The average molecular weight is 173 g/mol. The number of carbonyl (C=O) groups excluding carboxylic acids is 1. The maximum Gasteiger partial charge on any atom is 0.269 e. The van der Waals surface area contributed by atoms with Crippen LogP contribution < -0.4 is 5.43 Å². The van der Waals surface area contributed by atoms with Gasteiger partial charge in [-0.05, 0) is 0 Å². The lowest BCUT2D eigenvalue weighted by Crippen LogP contribution is -2.10. The van der Waals surface area contributed by atoms with Gasteiger partial charge in [-0.2, -0.15) is 0 Å². The summed E-state index contributed by atoms with van der Waals surface area (Å²) in [6.45, 7) is 0. The van der Waals surface area contributed by atoms with Crippen LogP contribution in [0.3, 0.4) is 0 Å². The van der Waals surface area contributed by atoms with Crippen molar-refractivity contribution in [3.8, 4) is 0 Å². The van der Waals surface area contributed by atoms with Gasteiger partial charge >= 0.3 is 0 Å². The number of aromatic amines is 1. The van der Waals surface area contributed by atoms with Gasteiger partial charge in [0.05, 0.1) is 11.3 Å². The Morgan fingerprint density at radius 2 is 2.17 bits per heavy atom. The molecule has 0 radical (unpaired) electrons. The first-order valence-electron chi connectivity index (χ1n) is 3.11. The Hall–Kier alpha value is -1.52. The predicted octanol–water partition coefficient (Wildman–Crippen LogP) is 1.12. The Morgan fingerprint density at radius 1 is 1.50 bits per heavy atom. The van der Waals surface area contributed by atoms with Crippen molar-refractivity contribution < 1.29 is 13.6 Å². The summed E-state index contributed by atoms with van der Waals surface area (Å²) in [5.74, 6) is 0. The van der Waals surface area contributed by atoms with E-state index in [-0.39, 0.29) is 5.69 Å². The van der Waals surface area contributed by atoms with Crippen LogP contribution in [-0.2, 0) is 0 Å². The Bertz CT molecular complexity index is 346. The number of carbonyl (C=O) groups is 1. The smallest absolute Gasteiger partial charge is 0.269 e. The highest BCUT2D eigenvalue weighted by Crippen LogP contribution is 2.12. The molecule has 0 saturated carbocycles. The van der Waals surface area contributed by atoms with Gasteiger partial charge in [-0.1, -0.05) is 0 Å². The molecule has 1 heterocycles. The molecule has 0 amide bonds. The molecule has 3 nitrogen and oxygen atoms in total. The molecule has 0 unspecified atom stereocenters. The minimum absolute atomic E-state index is 0.00981. The third-order valence-corrected chi connectivity index (χ3v) is 1.33. The monoisotopic (exact) mass is 173 g/mol.